The standard InChI is InChI=1S/C15H16ClN5/c1-10-14(11(2)19-18-10)7-8-15-20-17-9-21(15)13-5-3-12(16)4-6-13/h3-6,9H,7-8H2,1-2H3,(H,18,19). The van der Waals surface area contributed by atoms with Crippen LogP contribution in [0.25, 0.3) is 5.69 Å². The van der Waals surface area contributed by atoms with Gasteiger partial charge >= 0.3 is 0 Å². The summed E-state index contributed by atoms with van der Waals surface area (Å²) in [7, 11) is 0. The highest BCUT2D eigenvalue weighted by Crippen LogP contribution is 2.17. The van der Waals surface area contributed by atoms with E-state index < -0.39 is 0 Å². The molecule has 6 heteroatoms. The minimum atomic E-state index is 0.720. The molecular formula is C15H16ClN5. The van der Waals surface area contributed by atoms with Crippen molar-refractivity contribution in [2.45, 2.75) is 26.7 Å². The summed E-state index contributed by atoms with van der Waals surface area (Å²) in [5.74, 6) is 0.928. The number of aryl methyl sites for hydroxylation is 3. The molecule has 0 fully saturated rings. The average Bonchev–Trinajstić information content (AvgIpc) is 3.06. The largest absolute Gasteiger partial charge is 0.286 e. The summed E-state index contributed by atoms with van der Waals surface area (Å²) in [6, 6.07) is 7.66. The molecule has 0 atom stereocenters. The Hall–Kier alpha value is -2.14. The molecular weight excluding hydrogens is 286 g/mol. The van der Waals surface area contributed by atoms with E-state index in [1.54, 1.807) is 6.33 Å². The van der Waals surface area contributed by atoms with Gasteiger partial charge in [-0.2, -0.15) is 5.10 Å². The van der Waals surface area contributed by atoms with Crippen LogP contribution >= 0.6 is 11.6 Å². The second kappa shape index (κ2) is 5.69. The average molecular weight is 302 g/mol. The van der Waals surface area contributed by atoms with Gasteiger partial charge in [-0.25, -0.2) is 0 Å². The van der Waals surface area contributed by atoms with Crippen LogP contribution in [-0.4, -0.2) is 25.0 Å². The molecule has 0 unspecified atom stereocenters. The third kappa shape index (κ3) is 2.83. The molecule has 2 heterocycles. The molecule has 0 saturated heterocycles. The predicted octanol–water partition coefficient (Wildman–Crippen LogP) is 3.05. The van der Waals surface area contributed by atoms with Gasteiger partial charge < -0.3 is 0 Å². The summed E-state index contributed by atoms with van der Waals surface area (Å²) in [5.41, 5.74) is 4.43. The molecule has 0 aliphatic heterocycles. The van der Waals surface area contributed by atoms with Gasteiger partial charge in [-0.1, -0.05) is 11.6 Å². The van der Waals surface area contributed by atoms with Gasteiger partial charge in [-0.15, -0.1) is 10.2 Å². The van der Waals surface area contributed by atoms with E-state index in [1.807, 2.05) is 42.7 Å². The summed E-state index contributed by atoms with van der Waals surface area (Å²) in [6.45, 7) is 4.06. The van der Waals surface area contributed by atoms with E-state index in [4.69, 9.17) is 11.6 Å². The Bertz CT molecular complexity index is 722. The second-order valence-electron chi connectivity index (χ2n) is 5.01. The number of hydrogen-bond donors (Lipinski definition) is 1. The van der Waals surface area contributed by atoms with Crippen LogP contribution in [0.2, 0.25) is 5.02 Å². The summed E-state index contributed by atoms with van der Waals surface area (Å²) in [6.07, 6.45) is 3.43. The quantitative estimate of drug-likeness (QED) is 0.806. The Morgan fingerprint density at radius 2 is 1.90 bits per heavy atom. The van der Waals surface area contributed by atoms with E-state index in [0.29, 0.717) is 0 Å². The van der Waals surface area contributed by atoms with Crippen LogP contribution in [-0.2, 0) is 12.8 Å². The highest BCUT2D eigenvalue weighted by atomic mass is 35.5. The first kappa shape index (κ1) is 13.8. The smallest absolute Gasteiger partial charge is 0.137 e. The first-order valence-electron chi connectivity index (χ1n) is 6.80. The van der Waals surface area contributed by atoms with Gasteiger partial charge in [0.05, 0.1) is 5.69 Å². The zero-order valence-electron chi connectivity index (χ0n) is 12.0. The van der Waals surface area contributed by atoms with E-state index in [1.165, 1.54) is 5.56 Å². The van der Waals surface area contributed by atoms with Crippen LogP contribution in [0.5, 0.6) is 0 Å². The van der Waals surface area contributed by atoms with E-state index >= 15 is 0 Å². The maximum absolute atomic E-state index is 5.93. The van der Waals surface area contributed by atoms with E-state index in [0.717, 1.165) is 40.8 Å². The fraction of sp³-hybridized carbons (Fsp3) is 0.267. The minimum absolute atomic E-state index is 0.720. The van der Waals surface area contributed by atoms with Crippen molar-refractivity contribution in [3.05, 3.63) is 58.4 Å². The number of hydrogen-bond acceptors (Lipinski definition) is 3. The number of halogens is 1. The van der Waals surface area contributed by atoms with Crippen molar-refractivity contribution < 1.29 is 0 Å². The van der Waals surface area contributed by atoms with Crippen LogP contribution in [0, 0.1) is 13.8 Å². The number of aromatic amines is 1. The molecule has 2 aromatic heterocycles. The predicted molar refractivity (Wildman–Crippen MR) is 81.8 cm³/mol. The second-order valence-corrected chi connectivity index (χ2v) is 5.44. The number of rotatable bonds is 4. The number of nitrogens with zero attached hydrogens (tertiary/aromatic N) is 4. The zero-order chi connectivity index (χ0) is 14.8. The van der Waals surface area contributed by atoms with Crippen LogP contribution in [0.3, 0.4) is 0 Å². The molecule has 3 aromatic rings. The molecule has 0 radical (unpaired) electrons. The highest BCUT2D eigenvalue weighted by Gasteiger charge is 2.10. The number of H-pyrrole nitrogens is 1. The van der Waals surface area contributed by atoms with E-state index in [-0.39, 0.29) is 0 Å². The van der Waals surface area contributed by atoms with E-state index in [2.05, 4.69) is 20.4 Å². The molecule has 0 spiro atoms. The fourth-order valence-electron chi connectivity index (χ4n) is 2.43. The molecule has 0 aliphatic rings. The van der Waals surface area contributed by atoms with Gasteiger partial charge in [0.1, 0.15) is 12.2 Å². The number of nitrogens with one attached hydrogen (secondary N) is 1. The van der Waals surface area contributed by atoms with Crippen LogP contribution in [0.4, 0.5) is 0 Å². The zero-order valence-corrected chi connectivity index (χ0v) is 12.7. The van der Waals surface area contributed by atoms with Gasteiger partial charge in [0.25, 0.3) is 0 Å². The van der Waals surface area contributed by atoms with Gasteiger partial charge in [-0.3, -0.25) is 9.67 Å². The monoisotopic (exact) mass is 301 g/mol. The lowest BCUT2D eigenvalue weighted by Gasteiger charge is -2.07. The third-order valence-electron chi connectivity index (χ3n) is 3.60. The Labute approximate surface area is 128 Å². The highest BCUT2D eigenvalue weighted by molar-refractivity contribution is 6.30. The van der Waals surface area contributed by atoms with Crippen LogP contribution in [0.15, 0.2) is 30.6 Å². The maximum Gasteiger partial charge on any atom is 0.137 e. The summed E-state index contributed by atoms with van der Waals surface area (Å²) in [5, 5.41) is 16.2. The molecule has 0 bridgehead atoms. The normalized spacial score (nSPS) is 11.0. The summed E-state index contributed by atoms with van der Waals surface area (Å²) >= 11 is 5.93. The number of aromatic nitrogens is 5. The van der Waals surface area contributed by atoms with Crippen molar-refractivity contribution >= 4 is 11.6 Å². The van der Waals surface area contributed by atoms with Crippen molar-refractivity contribution in [3.63, 3.8) is 0 Å². The van der Waals surface area contributed by atoms with Crippen molar-refractivity contribution in [2.75, 3.05) is 0 Å². The minimum Gasteiger partial charge on any atom is -0.286 e. The molecule has 0 saturated carbocycles. The molecule has 3 rings (SSSR count). The molecule has 5 nitrogen and oxygen atoms in total. The van der Waals surface area contributed by atoms with E-state index in [9.17, 15) is 0 Å². The van der Waals surface area contributed by atoms with Crippen molar-refractivity contribution in [1.82, 2.24) is 25.0 Å². The summed E-state index contributed by atoms with van der Waals surface area (Å²) in [4.78, 5) is 0. The SMILES string of the molecule is Cc1n[nH]c(C)c1CCc1nncn1-c1ccc(Cl)cc1. The Morgan fingerprint density at radius 3 is 2.57 bits per heavy atom. The molecule has 21 heavy (non-hydrogen) atoms. The van der Waals surface area contributed by atoms with Crippen molar-refractivity contribution in [1.29, 1.82) is 0 Å². The van der Waals surface area contributed by atoms with Crippen LogP contribution < -0.4 is 0 Å². The Balaban J connectivity index is 1.81. The van der Waals surface area contributed by atoms with Crippen LogP contribution in [0.1, 0.15) is 22.8 Å². The molecule has 0 amide bonds. The fourth-order valence-corrected chi connectivity index (χ4v) is 2.55. The number of benzene rings is 1. The Morgan fingerprint density at radius 1 is 1.14 bits per heavy atom. The third-order valence-corrected chi connectivity index (χ3v) is 3.85. The lowest BCUT2D eigenvalue weighted by molar-refractivity contribution is 0.815. The van der Waals surface area contributed by atoms with Gasteiger partial charge in [0.2, 0.25) is 0 Å². The molecule has 0 aliphatic carbocycles. The lowest BCUT2D eigenvalue weighted by atomic mass is 10.1. The summed E-state index contributed by atoms with van der Waals surface area (Å²) < 4.78 is 1.99. The lowest BCUT2D eigenvalue weighted by Crippen LogP contribution is -2.03. The van der Waals surface area contributed by atoms with Gasteiger partial charge in [-0.05, 0) is 50.1 Å². The molecule has 1 aromatic carbocycles. The Kier molecular flexibility index (Phi) is 3.75. The van der Waals surface area contributed by atoms with Crippen molar-refractivity contribution in [3.8, 4) is 5.69 Å². The first-order chi connectivity index (χ1) is 10.1. The molecule has 1 N–H and O–H groups in total. The molecule has 108 valence electrons. The topological polar surface area (TPSA) is 59.4 Å². The first-order valence-corrected chi connectivity index (χ1v) is 7.18. The van der Waals surface area contributed by atoms with Crippen molar-refractivity contribution in [2.24, 2.45) is 0 Å². The maximum atomic E-state index is 5.93. The van der Waals surface area contributed by atoms with Gasteiger partial charge in [0, 0.05) is 22.8 Å². The van der Waals surface area contributed by atoms with Gasteiger partial charge in [0.15, 0.2) is 0 Å².